The molecular formula is C23H30N3O10P. The van der Waals surface area contributed by atoms with E-state index in [1.807, 2.05) is 0 Å². The largest absolute Gasteiger partial charge is 0.462 e. The van der Waals surface area contributed by atoms with Crippen LogP contribution in [0.5, 0.6) is 0 Å². The monoisotopic (exact) mass is 539 g/mol. The number of hydrogen-bond donors (Lipinski definition) is 3. The first-order valence-electron chi connectivity index (χ1n) is 11.4. The zero-order valence-electron chi connectivity index (χ0n) is 20.7. The highest BCUT2D eigenvalue weighted by atomic mass is 31.2. The van der Waals surface area contributed by atoms with Crippen LogP contribution in [0.4, 0.5) is 0 Å². The van der Waals surface area contributed by atoms with Crippen molar-refractivity contribution in [2.24, 2.45) is 0 Å². The molecule has 14 heteroatoms. The standard InChI is InChI=1S/C23H30N3O10P/c1-14(2)34-22(29)15(3)25-37(31,36-16-9-7-5-6-8-10-16)33-13-17-19(28)20(32-4)21(35-17)26-12-11-18(27)24-23(26)30/h5,7-12,14-15,17,19-21,28H,13H2,1-4H3,(H,25,31)(H,24,27,30)/t15-,17?,19?,20?,21?,37?/m0/s1. The summed E-state index contributed by atoms with van der Waals surface area (Å²) in [6.45, 7) is 4.31. The van der Waals surface area contributed by atoms with E-state index in [1.165, 1.54) is 38.5 Å². The number of rotatable bonds is 11. The van der Waals surface area contributed by atoms with E-state index in [1.54, 1.807) is 26.0 Å². The van der Waals surface area contributed by atoms with Crippen molar-refractivity contribution in [3.63, 3.8) is 0 Å². The molecular weight excluding hydrogens is 509 g/mol. The van der Waals surface area contributed by atoms with Crippen LogP contribution >= 0.6 is 7.75 Å². The minimum atomic E-state index is -4.26. The fourth-order valence-corrected chi connectivity index (χ4v) is 4.99. The van der Waals surface area contributed by atoms with Crippen molar-refractivity contribution >= 4 is 13.7 Å². The van der Waals surface area contributed by atoms with Crippen molar-refractivity contribution in [1.29, 1.82) is 0 Å². The summed E-state index contributed by atoms with van der Waals surface area (Å²) in [6, 6.07) is 0.0417. The van der Waals surface area contributed by atoms with Gasteiger partial charge >= 0.3 is 19.4 Å². The van der Waals surface area contributed by atoms with Crippen molar-refractivity contribution in [3.8, 4) is 0 Å². The van der Waals surface area contributed by atoms with E-state index in [0.717, 1.165) is 10.6 Å². The molecule has 37 heavy (non-hydrogen) atoms. The summed E-state index contributed by atoms with van der Waals surface area (Å²) in [5.74, 6) is -0.523. The topological polar surface area (TPSA) is 167 Å². The van der Waals surface area contributed by atoms with Gasteiger partial charge in [0, 0.05) is 19.4 Å². The molecule has 3 N–H and O–H groups in total. The number of ether oxygens (including phenoxy) is 3. The number of aliphatic hydroxyl groups is 1. The first-order chi connectivity index (χ1) is 17.5. The molecule has 1 aliphatic carbocycles. The molecule has 202 valence electrons. The zero-order chi connectivity index (χ0) is 27.2. The lowest BCUT2D eigenvalue weighted by molar-refractivity contribution is -0.149. The molecule has 0 saturated carbocycles. The van der Waals surface area contributed by atoms with Gasteiger partial charge in [0.15, 0.2) is 6.23 Å². The van der Waals surface area contributed by atoms with Crippen LogP contribution in [0.25, 0.3) is 0 Å². The molecule has 1 aromatic rings. The van der Waals surface area contributed by atoms with Crippen LogP contribution in [0.3, 0.4) is 0 Å². The Morgan fingerprint density at radius 1 is 1.32 bits per heavy atom. The Balaban J connectivity index is 1.79. The average Bonchev–Trinajstić information content (AvgIpc) is 2.96. The van der Waals surface area contributed by atoms with E-state index in [2.05, 4.69) is 15.8 Å². The highest BCUT2D eigenvalue weighted by Crippen LogP contribution is 2.48. The van der Waals surface area contributed by atoms with Crippen LogP contribution in [0.2, 0.25) is 0 Å². The molecule has 1 aliphatic heterocycles. The van der Waals surface area contributed by atoms with Crippen LogP contribution in [0.15, 0.2) is 63.7 Å². The summed E-state index contributed by atoms with van der Waals surface area (Å²) < 4.78 is 42.2. The number of aromatic amines is 1. The van der Waals surface area contributed by atoms with Gasteiger partial charge in [-0.25, -0.2) is 9.36 Å². The second kappa shape index (κ2) is 12.5. The molecule has 5 unspecified atom stereocenters. The minimum Gasteiger partial charge on any atom is -0.462 e. The average molecular weight is 539 g/mol. The van der Waals surface area contributed by atoms with E-state index < -0.39 is 68.3 Å². The number of aromatic nitrogens is 2. The molecule has 2 heterocycles. The molecule has 1 saturated heterocycles. The van der Waals surface area contributed by atoms with E-state index in [0.29, 0.717) is 0 Å². The Kier molecular flexibility index (Phi) is 9.63. The predicted octanol–water partition coefficient (Wildman–Crippen LogP) is 1.05. The molecule has 1 aromatic heterocycles. The molecule has 2 aliphatic rings. The van der Waals surface area contributed by atoms with Crippen LogP contribution in [-0.2, 0) is 32.6 Å². The van der Waals surface area contributed by atoms with Gasteiger partial charge in [0.2, 0.25) is 0 Å². The lowest BCUT2D eigenvalue weighted by atomic mass is 10.1. The van der Waals surface area contributed by atoms with Gasteiger partial charge in [0.1, 0.15) is 30.1 Å². The molecule has 1 fully saturated rings. The first-order valence-corrected chi connectivity index (χ1v) is 13.0. The van der Waals surface area contributed by atoms with Crippen molar-refractivity contribution in [2.45, 2.75) is 57.5 Å². The van der Waals surface area contributed by atoms with Crippen LogP contribution in [0.1, 0.15) is 27.0 Å². The number of aliphatic hydroxyl groups excluding tert-OH is 1. The summed E-state index contributed by atoms with van der Waals surface area (Å²) in [4.78, 5) is 38.1. The fourth-order valence-electron chi connectivity index (χ4n) is 3.49. The van der Waals surface area contributed by atoms with E-state index in [-0.39, 0.29) is 5.76 Å². The Labute approximate surface area is 212 Å². The maximum atomic E-state index is 13.7. The Hall–Kier alpha value is -3.02. The first kappa shape index (κ1) is 28.5. The third-order valence-corrected chi connectivity index (χ3v) is 6.84. The lowest BCUT2D eigenvalue weighted by Crippen LogP contribution is -2.39. The molecule has 3 rings (SSSR count). The van der Waals surface area contributed by atoms with Crippen LogP contribution in [-0.4, -0.2) is 64.8 Å². The van der Waals surface area contributed by atoms with Gasteiger partial charge in [-0.2, -0.15) is 5.09 Å². The van der Waals surface area contributed by atoms with Crippen molar-refractivity contribution < 1.29 is 37.7 Å². The number of allylic oxidation sites excluding steroid dienone is 4. The Morgan fingerprint density at radius 3 is 2.76 bits per heavy atom. The van der Waals surface area contributed by atoms with Crippen molar-refractivity contribution in [1.82, 2.24) is 14.6 Å². The Morgan fingerprint density at radius 2 is 2.08 bits per heavy atom. The molecule has 0 aromatic carbocycles. The minimum absolute atomic E-state index is 0.154. The number of methoxy groups -OCH3 is 1. The maximum absolute atomic E-state index is 13.7. The van der Waals surface area contributed by atoms with Crippen LogP contribution in [0, 0.1) is 0 Å². The third kappa shape index (κ3) is 7.50. The summed E-state index contributed by atoms with van der Waals surface area (Å²) in [7, 11) is -2.94. The summed E-state index contributed by atoms with van der Waals surface area (Å²) >= 11 is 0. The molecule has 0 amide bonds. The number of carbonyl (C=O) groups excluding carboxylic acids is 1. The van der Waals surface area contributed by atoms with Gasteiger partial charge in [-0.1, -0.05) is 6.08 Å². The normalized spacial score (nSPS) is 25.4. The van der Waals surface area contributed by atoms with E-state index >= 15 is 0 Å². The number of hydrogen-bond acceptors (Lipinski definition) is 10. The highest BCUT2D eigenvalue weighted by molar-refractivity contribution is 7.51. The number of esters is 1. The van der Waals surface area contributed by atoms with Gasteiger partial charge < -0.3 is 23.8 Å². The molecule has 0 spiro atoms. The second-order valence-electron chi connectivity index (χ2n) is 8.42. The SMILES string of the molecule is COC1C(O)C(COP(=O)(N[C@@H](C)C(=O)OC(C)C)OC2=CC=C=CC=C2)OC1n1ccc(=O)[nH]c1=O. The van der Waals surface area contributed by atoms with Crippen LogP contribution < -0.4 is 16.3 Å². The van der Waals surface area contributed by atoms with Crippen molar-refractivity contribution in [2.75, 3.05) is 13.7 Å². The predicted molar refractivity (Wildman–Crippen MR) is 130 cm³/mol. The summed E-state index contributed by atoms with van der Waals surface area (Å²) in [5.41, 5.74) is 1.46. The van der Waals surface area contributed by atoms with Crippen molar-refractivity contribution in [3.05, 3.63) is 75.0 Å². The fraction of sp³-hybridized carbons (Fsp3) is 0.478. The maximum Gasteiger partial charge on any atom is 0.459 e. The van der Waals surface area contributed by atoms with E-state index in [4.69, 9.17) is 23.3 Å². The van der Waals surface area contributed by atoms with E-state index in [9.17, 15) is 24.1 Å². The zero-order valence-corrected chi connectivity index (χ0v) is 21.6. The molecule has 0 bridgehead atoms. The molecule has 0 radical (unpaired) electrons. The third-order valence-electron chi connectivity index (χ3n) is 5.20. The van der Waals surface area contributed by atoms with Gasteiger partial charge in [-0.15, -0.1) is 5.73 Å². The highest BCUT2D eigenvalue weighted by Gasteiger charge is 2.47. The summed E-state index contributed by atoms with van der Waals surface area (Å²) in [5, 5.41) is 13.3. The number of nitrogens with one attached hydrogen (secondary N) is 2. The Bertz CT molecular complexity index is 1260. The number of nitrogens with zero attached hydrogens (tertiary/aromatic N) is 1. The quantitative estimate of drug-likeness (QED) is 0.209. The smallest absolute Gasteiger partial charge is 0.459 e. The van der Waals surface area contributed by atoms with Gasteiger partial charge in [-0.3, -0.25) is 23.7 Å². The second-order valence-corrected chi connectivity index (χ2v) is 10.1. The molecule has 6 atom stereocenters. The lowest BCUT2D eigenvalue weighted by Gasteiger charge is -2.25. The van der Waals surface area contributed by atoms with Gasteiger partial charge in [-0.05, 0) is 45.1 Å². The molecule has 13 nitrogen and oxygen atoms in total. The number of carbonyl (C=O) groups is 1. The van der Waals surface area contributed by atoms with Gasteiger partial charge in [0.05, 0.1) is 12.7 Å². The number of H-pyrrole nitrogens is 1. The van der Waals surface area contributed by atoms with Gasteiger partial charge in [0.25, 0.3) is 5.56 Å². The summed E-state index contributed by atoms with van der Waals surface area (Å²) in [6.07, 6.45) is 4.01.